The van der Waals surface area contributed by atoms with Crippen LogP contribution in [0.15, 0.2) is 197 Å². The van der Waals surface area contributed by atoms with Gasteiger partial charge in [-0.05, 0) is 84.3 Å². The van der Waals surface area contributed by atoms with Crippen LogP contribution >= 0.6 is 0 Å². The highest BCUT2D eigenvalue weighted by Gasteiger charge is 2.31. The van der Waals surface area contributed by atoms with E-state index in [-0.39, 0.29) is 0 Å². The number of rotatable bonds is 6. The highest BCUT2D eigenvalue weighted by atomic mass is 16.5. The third-order valence-electron chi connectivity index (χ3n) is 11.8. The van der Waals surface area contributed by atoms with Gasteiger partial charge in [0.2, 0.25) is 0 Å². The van der Waals surface area contributed by atoms with E-state index in [0.717, 1.165) is 124 Å². The molecule has 0 radical (unpaired) electrons. The van der Waals surface area contributed by atoms with E-state index in [9.17, 15) is 0 Å². The molecule has 0 spiro atoms. The molecular weight excluding hydrogens is 737 g/mol. The third kappa shape index (κ3) is 5.26. The first kappa shape index (κ1) is 34.1. The third-order valence-corrected chi connectivity index (χ3v) is 11.8. The van der Waals surface area contributed by atoms with Crippen molar-refractivity contribution in [1.29, 1.82) is 0 Å². The van der Waals surface area contributed by atoms with Gasteiger partial charge in [0.05, 0.1) is 22.7 Å². The van der Waals surface area contributed by atoms with Crippen molar-refractivity contribution in [2.45, 2.75) is 6.42 Å². The van der Waals surface area contributed by atoms with E-state index in [2.05, 4.69) is 168 Å². The van der Waals surface area contributed by atoms with E-state index in [0.29, 0.717) is 0 Å². The first-order chi connectivity index (χ1) is 29.7. The molecule has 2 aliphatic rings. The number of hydrogen-bond acceptors (Lipinski definition) is 5. The molecule has 5 nitrogen and oxygen atoms in total. The Morgan fingerprint density at radius 1 is 0.433 bits per heavy atom. The summed E-state index contributed by atoms with van der Waals surface area (Å²) in [5, 5.41) is 4.32. The van der Waals surface area contributed by atoms with Gasteiger partial charge in [0.1, 0.15) is 22.7 Å². The molecule has 60 heavy (non-hydrogen) atoms. The predicted octanol–water partition coefficient (Wildman–Crippen LogP) is 16.0. The average Bonchev–Trinajstić information content (AvgIpc) is 3.87. The van der Waals surface area contributed by atoms with Crippen LogP contribution in [-0.4, -0.2) is 0 Å². The lowest BCUT2D eigenvalue weighted by Gasteiger charge is -2.33. The van der Waals surface area contributed by atoms with E-state index >= 15 is 0 Å². The van der Waals surface area contributed by atoms with E-state index in [1.54, 1.807) is 0 Å². The molecule has 12 rings (SSSR count). The molecule has 0 saturated carbocycles. The van der Waals surface area contributed by atoms with E-state index in [4.69, 9.17) is 20.2 Å². The van der Waals surface area contributed by atoms with Crippen molar-refractivity contribution in [2.24, 2.45) is 0 Å². The molecule has 8 aromatic carbocycles. The van der Waals surface area contributed by atoms with Crippen LogP contribution in [0.3, 0.4) is 0 Å². The Balaban J connectivity index is 1.05. The zero-order valence-corrected chi connectivity index (χ0v) is 32.5. The Morgan fingerprint density at radius 2 is 1.00 bits per heavy atom. The molecule has 2 bridgehead atoms. The first-order valence-corrected chi connectivity index (χ1v) is 20.3. The van der Waals surface area contributed by atoms with Gasteiger partial charge < -0.3 is 23.4 Å². The molecule has 0 N–H and O–H groups in total. The van der Waals surface area contributed by atoms with Crippen LogP contribution in [0.25, 0.3) is 61.6 Å². The van der Waals surface area contributed by atoms with Crippen LogP contribution in [0.4, 0.5) is 34.1 Å². The molecule has 0 saturated heterocycles. The van der Waals surface area contributed by atoms with Crippen LogP contribution in [0.2, 0.25) is 0 Å². The van der Waals surface area contributed by atoms with Crippen molar-refractivity contribution >= 4 is 95.7 Å². The van der Waals surface area contributed by atoms with E-state index in [1.807, 2.05) is 36.4 Å². The van der Waals surface area contributed by atoms with E-state index in [1.165, 1.54) is 0 Å². The number of fused-ring (bicyclic) bond motifs is 6. The summed E-state index contributed by atoms with van der Waals surface area (Å²) >= 11 is 0. The van der Waals surface area contributed by atoms with Gasteiger partial charge in [0.25, 0.3) is 0 Å². The Labute approximate surface area is 346 Å². The summed E-state index contributed by atoms with van der Waals surface area (Å²) in [7, 11) is 0. The van der Waals surface area contributed by atoms with Crippen LogP contribution in [0.5, 0.6) is 11.5 Å². The topological polar surface area (TPSA) is 42.0 Å². The summed E-state index contributed by atoms with van der Waals surface area (Å²) in [5.74, 6) is 1.50. The fourth-order valence-electron chi connectivity index (χ4n) is 9.14. The molecule has 0 fully saturated rings. The second-order valence-electron chi connectivity index (χ2n) is 15.2. The zero-order chi connectivity index (χ0) is 39.7. The number of anilines is 6. The van der Waals surface area contributed by atoms with E-state index < -0.39 is 0 Å². The van der Waals surface area contributed by atoms with Crippen molar-refractivity contribution in [3.05, 3.63) is 211 Å². The molecule has 1 aliphatic carbocycles. The largest absolute Gasteiger partial charge is 0.456 e. The number of hydrogen-bond donors (Lipinski definition) is 0. The molecule has 0 unspecified atom stereocenters. The quantitative estimate of drug-likeness (QED) is 0.168. The molecule has 1 aliphatic heterocycles. The molecule has 0 amide bonds. The normalized spacial score (nSPS) is 14.0. The van der Waals surface area contributed by atoms with Crippen molar-refractivity contribution in [3.8, 4) is 11.5 Å². The summed E-state index contributed by atoms with van der Waals surface area (Å²) in [6, 6.07) is 58.8. The number of nitrogens with zero attached hydrogens (tertiary/aromatic N) is 2. The molecule has 5 heteroatoms. The first-order valence-electron chi connectivity index (χ1n) is 20.3. The second-order valence-corrected chi connectivity index (χ2v) is 15.2. The molecular formula is C55H36N2O3. The van der Waals surface area contributed by atoms with Crippen LogP contribution in [0.1, 0.15) is 28.7 Å². The number of furan rings is 2. The number of ether oxygens (including phenoxy) is 1. The van der Waals surface area contributed by atoms with Gasteiger partial charge in [-0.3, -0.25) is 0 Å². The fourth-order valence-corrected chi connectivity index (χ4v) is 9.14. The summed E-state index contributed by atoms with van der Waals surface area (Å²) in [6.07, 6.45) is 9.59. The highest BCUT2D eigenvalue weighted by molar-refractivity contribution is 6.12. The Morgan fingerprint density at radius 3 is 1.67 bits per heavy atom. The maximum Gasteiger partial charge on any atom is 0.159 e. The lowest BCUT2D eigenvalue weighted by molar-refractivity contribution is 0.474. The SMILES string of the molecule is C=C1c2c3cc(N(c4ccccc4)c4cccc5c4oc4ccccc45)cc2Oc2ccc(N(c4ccccc4)c4cccc5c4oc4ccccc45)c(c21)/C=C\C/C=C\3. The standard InChI is InChI=1S/C55H36N2O3/c1-35-52-36-17-5-2-10-24-44-45(57(38-20-8-4-9-21-38)47-28-16-26-43-41-23-12-14-30-49(41)60-55(43)47)31-32-50(53(35)44)58-51(52)34-39(33-36)56(37-18-6-3-7-19-37)46-27-15-25-42-40-22-11-13-29-48(40)59-54(42)46/h3-34H,1-2H2/b17-5-,24-10-. The van der Waals surface area contributed by atoms with Crippen molar-refractivity contribution < 1.29 is 13.6 Å². The van der Waals surface area contributed by atoms with Gasteiger partial charge in [-0.25, -0.2) is 0 Å². The number of benzene rings is 8. The lowest BCUT2D eigenvalue weighted by atomic mass is 9.86. The minimum absolute atomic E-state index is 0.737. The Hall–Kier alpha value is -8.02. The number of para-hydroxylation sites is 6. The zero-order valence-electron chi connectivity index (χ0n) is 32.5. The molecule has 10 aromatic rings. The summed E-state index contributed by atoms with van der Waals surface area (Å²) in [6.45, 7) is 4.84. The van der Waals surface area contributed by atoms with Gasteiger partial charge in [-0.15, -0.1) is 0 Å². The summed E-state index contributed by atoms with van der Waals surface area (Å²) < 4.78 is 20.3. The van der Waals surface area contributed by atoms with Crippen molar-refractivity contribution in [2.75, 3.05) is 9.80 Å². The fraction of sp³-hybridized carbons (Fsp3) is 0.0182. The van der Waals surface area contributed by atoms with Gasteiger partial charge in [-0.2, -0.15) is 0 Å². The lowest BCUT2D eigenvalue weighted by Crippen LogP contribution is -2.15. The van der Waals surface area contributed by atoms with Gasteiger partial charge >= 0.3 is 0 Å². The summed E-state index contributed by atoms with van der Waals surface area (Å²) in [4.78, 5) is 4.57. The van der Waals surface area contributed by atoms with Gasteiger partial charge in [-0.1, -0.05) is 128 Å². The van der Waals surface area contributed by atoms with Crippen LogP contribution in [-0.2, 0) is 0 Å². The van der Waals surface area contributed by atoms with Crippen molar-refractivity contribution in [1.82, 2.24) is 0 Å². The Bertz CT molecular complexity index is 3410. The smallest absolute Gasteiger partial charge is 0.159 e. The van der Waals surface area contributed by atoms with Gasteiger partial charge in [0.15, 0.2) is 11.2 Å². The Kier molecular flexibility index (Phi) is 7.69. The van der Waals surface area contributed by atoms with Crippen molar-refractivity contribution in [3.63, 3.8) is 0 Å². The van der Waals surface area contributed by atoms with Crippen LogP contribution in [0, 0.1) is 0 Å². The second kappa shape index (κ2) is 13.5. The maximum absolute atomic E-state index is 7.04. The maximum atomic E-state index is 7.04. The minimum atomic E-state index is 0.737. The highest BCUT2D eigenvalue weighted by Crippen LogP contribution is 2.54. The average molecular weight is 773 g/mol. The molecule has 0 atom stereocenters. The number of allylic oxidation sites excluding steroid dienone is 2. The minimum Gasteiger partial charge on any atom is -0.456 e. The molecule has 3 heterocycles. The summed E-state index contributed by atoms with van der Waals surface area (Å²) in [5.41, 5.74) is 14.1. The monoisotopic (exact) mass is 772 g/mol. The van der Waals surface area contributed by atoms with Gasteiger partial charge in [0, 0.05) is 55.7 Å². The molecule has 2 aromatic heterocycles. The molecule has 284 valence electrons. The van der Waals surface area contributed by atoms with Crippen LogP contribution < -0.4 is 14.5 Å². The predicted molar refractivity (Wildman–Crippen MR) is 248 cm³/mol.